The fraction of sp³-hybridized carbons (Fsp3) is 0.593. The average molecular weight is 433 g/mol. The van der Waals surface area contributed by atoms with Crippen molar-refractivity contribution < 1.29 is 9.53 Å². The molecule has 0 aliphatic heterocycles. The number of rotatable bonds is 19. The van der Waals surface area contributed by atoms with Crippen LogP contribution in [0.25, 0.3) is 0 Å². The normalized spacial score (nSPS) is 13.6. The maximum absolute atomic E-state index is 12.0. The monoisotopic (exact) mass is 432 g/mol. The Morgan fingerprint density at radius 2 is 1.30 bits per heavy atom. The summed E-state index contributed by atoms with van der Waals surface area (Å²) in [4.78, 5) is 12.0. The highest BCUT2D eigenvalue weighted by atomic mass is 32.2. The summed E-state index contributed by atoms with van der Waals surface area (Å²) in [5.41, 5.74) is 0. The number of carbonyl (C=O) groups excluding carboxylic acids is 1. The lowest BCUT2D eigenvalue weighted by Gasteiger charge is -2.14. The number of carbonyl (C=O) groups is 1. The van der Waals surface area contributed by atoms with Crippen molar-refractivity contribution in [3.63, 3.8) is 0 Å². The Labute approximate surface area is 190 Å². The van der Waals surface area contributed by atoms with Crippen LogP contribution in [0.1, 0.15) is 85.0 Å². The van der Waals surface area contributed by atoms with Gasteiger partial charge >= 0.3 is 5.97 Å². The van der Waals surface area contributed by atoms with E-state index in [0.29, 0.717) is 6.61 Å². The number of unbranched alkanes of at least 4 members (excludes halogenated alkanes) is 2. The van der Waals surface area contributed by atoms with Crippen LogP contribution in [0, 0.1) is 0 Å². The Morgan fingerprint density at radius 3 is 1.80 bits per heavy atom. The number of thioether (sulfide) groups is 1. The van der Waals surface area contributed by atoms with Gasteiger partial charge in [-0.15, -0.1) is 11.8 Å². The molecule has 0 rings (SSSR count). The van der Waals surface area contributed by atoms with Gasteiger partial charge in [-0.2, -0.15) is 0 Å². The summed E-state index contributed by atoms with van der Waals surface area (Å²) < 4.78 is 5.20. The molecule has 0 spiro atoms. The summed E-state index contributed by atoms with van der Waals surface area (Å²) in [5, 5.41) is 0.0123. The maximum Gasteiger partial charge on any atom is 0.319 e. The molecule has 0 fully saturated rings. The molecule has 0 amide bonds. The van der Waals surface area contributed by atoms with E-state index in [1.165, 1.54) is 0 Å². The van der Waals surface area contributed by atoms with Crippen molar-refractivity contribution in [1.29, 1.82) is 0 Å². The predicted octanol–water partition coefficient (Wildman–Crippen LogP) is 8.37. The van der Waals surface area contributed by atoms with Crippen molar-refractivity contribution in [3.05, 3.63) is 60.8 Å². The second-order valence-electron chi connectivity index (χ2n) is 7.10. The molecule has 0 N–H and O–H groups in total. The molecule has 0 bridgehead atoms. The molecule has 170 valence electrons. The van der Waals surface area contributed by atoms with Gasteiger partial charge < -0.3 is 4.74 Å². The van der Waals surface area contributed by atoms with Crippen molar-refractivity contribution in [3.8, 4) is 0 Å². The zero-order valence-corrected chi connectivity index (χ0v) is 20.4. The van der Waals surface area contributed by atoms with Gasteiger partial charge in [-0.3, -0.25) is 4.79 Å². The molecule has 0 saturated heterocycles. The molecule has 3 heteroatoms. The molecular weight excluding hydrogens is 388 g/mol. The molecule has 0 aromatic heterocycles. The van der Waals surface area contributed by atoms with Gasteiger partial charge in [0, 0.05) is 0 Å². The van der Waals surface area contributed by atoms with E-state index < -0.39 is 0 Å². The van der Waals surface area contributed by atoms with E-state index >= 15 is 0 Å². The second kappa shape index (κ2) is 23.8. The lowest BCUT2D eigenvalue weighted by atomic mass is 10.1. The van der Waals surface area contributed by atoms with Gasteiger partial charge in [0.25, 0.3) is 0 Å². The predicted molar refractivity (Wildman–Crippen MR) is 136 cm³/mol. The average Bonchev–Trinajstić information content (AvgIpc) is 2.75. The first-order chi connectivity index (χ1) is 14.8. The van der Waals surface area contributed by atoms with Crippen LogP contribution >= 0.6 is 11.8 Å². The third-order valence-electron chi connectivity index (χ3n) is 4.32. The largest absolute Gasteiger partial charge is 0.465 e. The minimum atomic E-state index is -0.0363. The Morgan fingerprint density at radius 1 is 0.767 bits per heavy atom. The van der Waals surface area contributed by atoms with Crippen LogP contribution in [0.15, 0.2) is 60.8 Å². The zero-order chi connectivity index (χ0) is 22.1. The highest BCUT2D eigenvalue weighted by Crippen LogP contribution is 2.20. The molecule has 0 aromatic carbocycles. The minimum Gasteiger partial charge on any atom is -0.465 e. The third-order valence-corrected chi connectivity index (χ3v) is 5.79. The van der Waals surface area contributed by atoms with Crippen molar-refractivity contribution in [2.24, 2.45) is 0 Å². The van der Waals surface area contributed by atoms with E-state index in [-0.39, 0.29) is 11.2 Å². The van der Waals surface area contributed by atoms with Crippen LogP contribution < -0.4 is 0 Å². The molecule has 0 saturated carbocycles. The molecular formula is C27H44O2S. The second-order valence-corrected chi connectivity index (χ2v) is 8.41. The molecule has 1 unspecified atom stereocenters. The van der Waals surface area contributed by atoms with Crippen LogP contribution in [-0.4, -0.2) is 23.6 Å². The Balaban J connectivity index is 3.74. The molecule has 30 heavy (non-hydrogen) atoms. The molecule has 0 radical (unpaired) electrons. The van der Waals surface area contributed by atoms with Crippen LogP contribution in [-0.2, 0) is 9.53 Å². The molecule has 0 heterocycles. The number of hydrogen-bond acceptors (Lipinski definition) is 3. The van der Waals surface area contributed by atoms with Gasteiger partial charge in [-0.1, -0.05) is 81.0 Å². The quantitative estimate of drug-likeness (QED) is 0.116. The lowest BCUT2D eigenvalue weighted by molar-refractivity contribution is -0.142. The van der Waals surface area contributed by atoms with E-state index in [4.69, 9.17) is 4.74 Å². The van der Waals surface area contributed by atoms with Crippen molar-refractivity contribution >= 4 is 17.7 Å². The smallest absolute Gasteiger partial charge is 0.319 e. The van der Waals surface area contributed by atoms with Gasteiger partial charge in [-0.05, 0) is 70.5 Å². The van der Waals surface area contributed by atoms with Crippen LogP contribution in [0.4, 0.5) is 0 Å². The summed E-state index contributed by atoms with van der Waals surface area (Å²) >= 11 is 1.75. The van der Waals surface area contributed by atoms with Crippen molar-refractivity contribution in [2.45, 2.75) is 90.2 Å². The summed E-state index contributed by atoms with van der Waals surface area (Å²) in [6.45, 7) is 6.66. The number of ether oxygens (including phenoxy) is 1. The Kier molecular flexibility index (Phi) is 22.6. The standard InChI is InChI=1S/C27H44O2S/c1-4-7-8-9-10-11-12-13-14-15-16-17-18-19-20-21-22-23-24-26(30-25-5-2)27(28)29-6-3/h7-8,10-11,13-14,16-17,19-20,26H,4-6,9,12,15,18,21-25H2,1-3H3/b8-7-,11-10-,14-13-,17-16-,20-19-. The highest BCUT2D eigenvalue weighted by Gasteiger charge is 2.19. The molecule has 0 aliphatic carbocycles. The lowest BCUT2D eigenvalue weighted by Crippen LogP contribution is -2.20. The first-order valence-electron chi connectivity index (χ1n) is 11.8. The fourth-order valence-electron chi connectivity index (χ4n) is 2.73. The van der Waals surface area contributed by atoms with Crippen LogP contribution in [0.2, 0.25) is 0 Å². The first-order valence-corrected chi connectivity index (χ1v) is 12.8. The van der Waals surface area contributed by atoms with E-state index in [1.807, 2.05) is 6.92 Å². The first kappa shape index (κ1) is 28.5. The van der Waals surface area contributed by atoms with Crippen LogP contribution in [0.5, 0.6) is 0 Å². The van der Waals surface area contributed by atoms with E-state index in [1.54, 1.807) is 11.8 Å². The highest BCUT2D eigenvalue weighted by molar-refractivity contribution is 8.00. The van der Waals surface area contributed by atoms with E-state index in [0.717, 1.165) is 70.0 Å². The minimum absolute atomic E-state index is 0.0123. The molecule has 0 aromatic rings. The SMILES string of the molecule is CC/C=C\C/C=C\C/C=C\C/C=C\C/C=C\CCCCC(SCCC)C(=O)OCC. The Hall–Kier alpha value is -1.48. The van der Waals surface area contributed by atoms with Gasteiger partial charge in [0.15, 0.2) is 0 Å². The zero-order valence-electron chi connectivity index (χ0n) is 19.6. The number of hydrogen-bond donors (Lipinski definition) is 0. The summed E-state index contributed by atoms with van der Waals surface area (Å²) in [5.74, 6) is 0.990. The number of esters is 1. The number of allylic oxidation sites excluding steroid dienone is 10. The fourth-order valence-corrected chi connectivity index (χ4v) is 3.78. The third kappa shape index (κ3) is 19.8. The topological polar surface area (TPSA) is 26.3 Å². The summed E-state index contributed by atoms with van der Waals surface area (Å²) in [6, 6.07) is 0. The van der Waals surface area contributed by atoms with Crippen molar-refractivity contribution in [1.82, 2.24) is 0 Å². The van der Waals surface area contributed by atoms with Crippen LogP contribution in [0.3, 0.4) is 0 Å². The Bertz CT molecular complexity index is 529. The van der Waals surface area contributed by atoms with Gasteiger partial charge in [0.05, 0.1) is 6.61 Å². The maximum atomic E-state index is 12.0. The van der Waals surface area contributed by atoms with E-state index in [9.17, 15) is 4.79 Å². The molecule has 0 aliphatic rings. The van der Waals surface area contributed by atoms with Crippen molar-refractivity contribution in [2.75, 3.05) is 12.4 Å². The van der Waals surface area contributed by atoms with Gasteiger partial charge in [-0.25, -0.2) is 0 Å². The van der Waals surface area contributed by atoms with Gasteiger partial charge in [0.2, 0.25) is 0 Å². The molecule has 2 nitrogen and oxygen atoms in total. The van der Waals surface area contributed by atoms with E-state index in [2.05, 4.69) is 74.6 Å². The van der Waals surface area contributed by atoms with Gasteiger partial charge in [0.1, 0.15) is 5.25 Å². The summed E-state index contributed by atoms with van der Waals surface area (Å²) in [6.07, 6.45) is 32.7. The molecule has 1 atom stereocenters. The summed E-state index contributed by atoms with van der Waals surface area (Å²) in [7, 11) is 0.